The van der Waals surface area contributed by atoms with E-state index in [1.807, 2.05) is 0 Å². The Morgan fingerprint density at radius 2 is 2.25 bits per heavy atom. The van der Waals surface area contributed by atoms with Gasteiger partial charge in [0.15, 0.2) is 5.69 Å². The molecule has 0 aromatic carbocycles. The molecule has 2 heterocycles. The molecule has 1 aliphatic rings. The molecular formula is C10H16N4O2. The Bertz CT molecular complexity index is 355. The van der Waals surface area contributed by atoms with Crippen LogP contribution >= 0.6 is 0 Å². The third kappa shape index (κ3) is 2.21. The fourth-order valence-electron chi connectivity index (χ4n) is 1.99. The van der Waals surface area contributed by atoms with Crippen molar-refractivity contribution in [3.63, 3.8) is 0 Å². The van der Waals surface area contributed by atoms with Crippen molar-refractivity contribution in [3.8, 4) is 0 Å². The summed E-state index contributed by atoms with van der Waals surface area (Å²) in [5.41, 5.74) is 0.968. The van der Waals surface area contributed by atoms with E-state index < -0.39 is 5.97 Å². The Morgan fingerprint density at radius 1 is 1.38 bits per heavy atom. The molecule has 88 valence electrons. The monoisotopic (exact) mass is 224 g/mol. The van der Waals surface area contributed by atoms with Crippen LogP contribution in [0.3, 0.4) is 0 Å². The maximum atomic E-state index is 11.5. The largest absolute Gasteiger partial charge is 0.464 e. The molecule has 0 saturated carbocycles. The Balaban J connectivity index is 2.18. The first-order valence-corrected chi connectivity index (χ1v) is 5.55. The molecule has 16 heavy (non-hydrogen) atoms. The van der Waals surface area contributed by atoms with Gasteiger partial charge in [-0.05, 0) is 19.4 Å². The fourth-order valence-corrected chi connectivity index (χ4v) is 1.99. The van der Waals surface area contributed by atoms with Gasteiger partial charge >= 0.3 is 5.97 Å². The van der Waals surface area contributed by atoms with Crippen LogP contribution < -0.4 is 5.32 Å². The predicted octanol–water partition coefficient (Wildman–Crippen LogP) is 0.796. The van der Waals surface area contributed by atoms with Crippen LogP contribution in [-0.2, 0) is 4.74 Å². The number of rotatable bonds is 2. The predicted molar refractivity (Wildman–Crippen MR) is 56.9 cm³/mol. The number of nitrogens with zero attached hydrogens (tertiary/aromatic N) is 2. The van der Waals surface area contributed by atoms with Crippen molar-refractivity contribution in [2.75, 3.05) is 13.7 Å². The van der Waals surface area contributed by atoms with Crippen molar-refractivity contribution in [2.24, 2.45) is 0 Å². The SMILES string of the molecule is COC(=O)c1n[nH]nc1C1CCCCCN1. The molecule has 6 heteroatoms. The maximum Gasteiger partial charge on any atom is 0.360 e. The molecule has 1 atom stereocenters. The van der Waals surface area contributed by atoms with Gasteiger partial charge in [-0.2, -0.15) is 10.3 Å². The van der Waals surface area contributed by atoms with Gasteiger partial charge < -0.3 is 10.1 Å². The minimum Gasteiger partial charge on any atom is -0.464 e. The molecule has 1 aromatic rings. The third-order valence-electron chi connectivity index (χ3n) is 2.84. The number of esters is 1. The van der Waals surface area contributed by atoms with Gasteiger partial charge in [-0.3, -0.25) is 0 Å². The Hall–Kier alpha value is -1.43. The van der Waals surface area contributed by atoms with Crippen LogP contribution in [0.1, 0.15) is 47.9 Å². The number of nitrogens with one attached hydrogen (secondary N) is 2. The smallest absolute Gasteiger partial charge is 0.360 e. The average molecular weight is 224 g/mol. The van der Waals surface area contributed by atoms with Gasteiger partial charge in [-0.1, -0.05) is 12.8 Å². The first-order chi connectivity index (χ1) is 7.83. The zero-order valence-electron chi connectivity index (χ0n) is 9.32. The van der Waals surface area contributed by atoms with E-state index >= 15 is 0 Å². The summed E-state index contributed by atoms with van der Waals surface area (Å²) < 4.78 is 4.67. The number of carbonyl (C=O) groups is 1. The van der Waals surface area contributed by atoms with Gasteiger partial charge in [0.25, 0.3) is 0 Å². The first kappa shape index (κ1) is 11.1. The van der Waals surface area contributed by atoms with Gasteiger partial charge in [0.05, 0.1) is 13.2 Å². The lowest BCUT2D eigenvalue weighted by Gasteiger charge is -2.13. The van der Waals surface area contributed by atoms with E-state index in [1.165, 1.54) is 20.0 Å². The molecule has 0 spiro atoms. The quantitative estimate of drug-likeness (QED) is 0.726. The molecule has 1 unspecified atom stereocenters. The second-order valence-corrected chi connectivity index (χ2v) is 3.91. The van der Waals surface area contributed by atoms with E-state index in [1.54, 1.807) is 0 Å². The molecule has 1 saturated heterocycles. The standard InChI is InChI=1S/C10H16N4O2/c1-16-10(15)9-8(12-14-13-9)7-5-3-2-4-6-11-7/h7,11H,2-6H2,1H3,(H,12,13,14). The Kier molecular flexibility index (Phi) is 3.51. The molecule has 6 nitrogen and oxygen atoms in total. The average Bonchev–Trinajstić information content (AvgIpc) is 2.64. The van der Waals surface area contributed by atoms with Crippen molar-refractivity contribution in [2.45, 2.75) is 31.7 Å². The summed E-state index contributed by atoms with van der Waals surface area (Å²) in [6.07, 6.45) is 4.51. The van der Waals surface area contributed by atoms with E-state index in [4.69, 9.17) is 0 Å². The van der Waals surface area contributed by atoms with Crippen LogP contribution in [0.5, 0.6) is 0 Å². The van der Waals surface area contributed by atoms with Gasteiger partial charge in [0, 0.05) is 0 Å². The maximum absolute atomic E-state index is 11.5. The highest BCUT2D eigenvalue weighted by Gasteiger charge is 2.24. The molecule has 0 bridgehead atoms. The molecule has 1 aliphatic heterocycles. The number of hydrogen-bond acceptors (Lipinski definition) is 5. The summed E-state index contributed by atoms with van der Waals surface area (Å²) in [5, 5.41) is 13.8. The van der Waals surface area contributed by atoms with Gasteiger partial charge in [-0.25, -0.2) is 4.79 Å². The first-order valence-electron chi connectivity index (χ1n) is 5.55. The Labute approximate surface area is 93.8 Å². The van der Waals surface area contributed by atoms with Crippen LogP contribution in [0.2, 0.25) is 0 Å². The second kappa shape index (κ2) is 5.07. The summed E-state index contributed by atoms with van der Waals surface area (Å²) in [4.78, 5) is 11.5. The van der Waals surface area contributed by atoms with E-state index in [9.17, 15) is 4.79 Å². The number of ether oxygens (including phenoxy) is 1. The summed E-state index contributed by atoms with van der Waals surface area (Å²) in [6, 6.07) is 0.107. The van der Waals surface area contributed by atoms with Crippen LogP contribution in [-0.4, -0.2) is 35.0 Å². The molecule has 1 fully saturated rings. The highest BCUT2D eigenvalue weighted by molar-refractivity contribution is 5.88. The van der Waals surface area contributed by atoms with E-state index in [0.29, 0.717) is 11.4 Å². The zero-order valence-corrected chi connectivity index (χ0v) is 9.32. The number of aromatic nitrogens is 3. The number of methoxy groups -OCH3 is 1. The highest BCUT2D eigenvalue weighted by Crippen LogP contribution is 2.22. The lowest BCUT2D eigenvalue weighted by Crippen LogP contribution is -2.23. The Morgan fingerprint density at radius 3 is 3.06 bits per heavy atom. The topological polar surface area (TPSA) is 79.9 Å². The normalized spacial score (nSPS) is 21.4. The number of aromatic amines is 1. The minimum absolute atomic E-state index is 0.107. The molecule has 0 radical (unpaired) electrons. The lowest BCUT2D eigenvalue weighted by molar-refractivity contribution is 0.0591. The van der Waals surface area contributed by atoms with Crippen LogP contribution in [0.15, 0.2) is 0 Å². The molecule has 2 rings (SSSR count). The van der Waals surface area contributed by atoms with Crippen molar-refractivity contribution in [3.05, 3.63) is 11.4 Å². The van der Waals surface area contributed by atoms with E-state index in [2.05, 4.69) is 25.5 Å². The van der Waals surface area contributed by atoms with Gasteiger partial charge in [0.2, 0.25) is 0 Å². The van der Waals surface area contributed by atoms with Crippen molar-refractivity contribution in [1.82, 2.24) is 20.7 Å². The molecular weight excluding hydrogens is 208 g/mol. The number of carbonyl (C=O) groups excluding carboxylic acids is 1. The fraction of sp³-hybridized carbons (Fsp3) is 0.700. The van der Waals surface area contributed by atoms with Crippen LogP contribution in [0, 0.1) is 0 Å². The van der Waals surface area contributed by atoms with Crippen molar-refractivity contribution >= 4 is 5.97 Å². The molecule has 1 aromatic heterocycles. The molecule has 2 N–H and O–H groups in total. The number of hydrogen-bond donors (Lipinski definition) is 2. The summed E-state index contributed by atoms with van der Waals surface area (Å²) >= 11 is 0. The van der Waals surface area contributed by atoms with E-state index in [0.717, 1.165) is 19.4 Å². The zero-order chi connectivity index (χ0) is 11.4. The minimum atomic E-state index is -0.435. The summed E-state index contributed by atoms with van der Waals surface area (Å²) in [7, 11) is 1.35. The van der Waals surface area contributed by atoms with Gasteiger partial charge in [0.1, 0.15) is 5.69 Å². The van der Waals surface area contributed by atoms with E-state index in [-0.39, 0.29) is 6.04 Å². The summed E-state index contributed by atoms with van der Waals surface area (Å²) in [5.74, 6) is -0.435. The second-order valence-electron chi connectivity index (χ2n) is 3.91. The number of H-pyrrole nitrogens is 1. The molecule has 0 aliphatic carbocycles. The van der Waals surface area contributed by atoms with Crippen molar-refractivity contribution in [1.29, 1.82) is 0 Å². The molecule has 0 amide bonds. The highest BCUT2D eigenvalue weighted by atomic mass is 16.5. The lowest BCUT2D eigenvalue weighted by atomic mass is 10.1. The summed E-state index contributed by atoms with van der Waals surface area (Å²) in [6.45, 7) is 0.956. The van der Waals surface area contributed by atoms with Crippen LogP contribution in [0.4, 0.5) is 0 Å². The third-order valence-corrected chi connectivity index (χ3v) is 2.84. The van der Waals surface area contributed by atoms with Crippen molar-refractivity contribution < 1.29 is 9.53 Å². The van der Waals surface area contributed by atoms with Crippen LogP contribution in [0.25, 0.3) is 0 Å². The van der Waals surface area contributed by atoms with Gasteiger partial charge in [-0.15, -0.1) is 5.10 Å².